The van der Waals surface area contributed by atoms with E-state index in [-0.39, 0.29) is 0 Å². The van der Waals surface area contributed by atoms with Gasteiger partial charge in [0.15, 0.2) is 0 Å². The van der Waals surface area contributed by atoms with E-state index in [1.807, 2.05) is 13.0 Å². The van der Waals surface area contributed by atoms with E-state index in [2.05, 4.69) is 15.5 Å². The largest absolute Gasteiger partial charge is 0.469 e. The van der Waals surface area contributed by atoms with Crippen molar-refractivity contribution in [2.75, 3.05) is 6.54 Å². The monoisotopic (exact) mass is 233 g/mol. The molecule has 2 aromatic heterocycles. The van der Waals surface area contributed by atoms with Crippen LogP contribution in [-0.4, -0.2) is 22.8 Å². The van der Waals surface area contributed by atoms with Crippen molar-refractivity contribution in [3.63, 3.8) is 0 Å². The van der Waals surface area contributed by atoms with Crippen LogP contribution in [0.2, 0.25) is 0 Å². The number of furan rings is 1. The van der Waals surface area contributed by atoms with Crippen LogP contribution in [0.3, 0.4) is 0 Å². The molecular weight excluding hydrogens is 218 g/mol. The van der Waals surface area contributed by atoms with Crippen LogP contribution in [0.25, 0.3) is 11.5 Å². The molecular formula is C12H15N3O2. The molecule has 0 atom stereocenters. The van der Waals surface area contributed by atoms with Gasteiger partial charge >= 0.3 is 0 Å². The van der Waals surface area contributed by atoms with E-state index in [0.717, 1.165) is 24.3 Å². The number of rotatable bonds is 5. The second-order valence-corrected chi connectivity index (χ2v) is 4.43. The molecule has 2 aromatic rings. The van der Waals surface area contributed by atoms with Crippen molar-refractivity contribution in [2.24, 2.45) is 0 Å². The highest BCUT2D eigenvalue weighted by Gasteiger charge is 2.20. The molecule has 0 unspecified atom stereocenters. The molecule has 5 heteroatoms. The maximum absolute atomic E-state index is 5.56. The summed E-state index contributed by atoms with van der Waals surface area (Å²) in [5.74, 6) is 2.05. The van der Waals surface area contributed by atoms with Crippen molar-refractivity contribution in [3.8, 4) is 11.5 Å². The number of nitrogens with zero attached hydrogens (tertiary/aromatic N) is 2. The van der Waals surface area contributed by atoms with Gasteiger partial charge in [0.2, 0.25) is 5.89 Å². The first-order valence-corrected chi connectivity index (χ1v) is 5.92. The van der Waals surface area contributed by atoms with Crippen molar-refractivity contribution in [3.05, 3.63) is 24.0 Å². The van der Waals surface area contributed by atoms with Crippen LogP contribution in [0.15, 0.2) is 21.2 Å². The first-order chi connectivity index (χ1) is 8.31. The number of nitrogens with one attached hydrogen (secondary N) is 1. The van der Waals surface area contributed by atoms with Gasteiger partial charge in [-0.05, 0) is 25.8 Å². The molecule has 1 aliphatic rings. The van der Waals surface area contributed by atoms with E-state index >= 15 is 0 Å². The lowest BCUT2D eigenvalue weighted by atomic mass is 10.3. The summed E-state index contributed by atoms with van der Waals surface area (Å²) >= 11 is 0. The summed E-state index contributed by atoms with van der Waals surface area (Å²) in [6.45, 7) is 2.79. The normalized spacial score (nSPS) is 15.4. The van der Waals surface area contributed by atoms with Crippen LogP contribution in [0, 0.1) is 6.92 Å². The van der Waals surface area contributed by atoms with Crippen molar-refractivity contribution in [1.82, 2.24) is 15.5 Å². The Hall–Kier alpha value is -1.62. The minimum atomic E-state index is 0.531. The van der Waals surface area contributed by atoms with Crippen LogP contribution in [0.4, 0.5) is 0 Å². The zero-order valence-corrected chi connectivity index (χ0v) is 9.77. The molecule has 1 saturated carbocycles. The SMILES string of the molecule is Cc1cc(-c2nnc(CCNC3CC3)o2)co1. The fourth-order valence-corrected chi connectivity index (χ4v) is 1.70. The topological polar surface area (TPSA) is 64.1 Å². The molecule has 17 heavy (non-hydrogen) atoms. The summed E-state index contributed by atoms with van der Waals surface area (Å²) in [6.07, 6.45) is 5.00. The molecule has 0 aromatic carbocycles. The standard InChI is InChI=1S/C12H15N3O2/c1-8-6-9(7-16-8)12-15-14-11(17-12)4-5-13-10-2-3-10/h6-7,10,13H,2-5H2,1H3. The smallest absolute Gasteiger partial charge is 0.250 e. The second kappa shape index (κ2) is 4.33. The molecule has 2 heterocycles. The van der Waals surface area contributed by atoms with E-state index in [4.69, 9.17) is 8.83 Å². The Balaban J connectivity index is 1.61. The Labute approximate surface area is 99.2 Å². The lowest BCUT2D eigenvalue weighted by Crippen LogP contribution is -2.19. The minimum Gasteiger partial charge on any atom is -0.469 e. The minimum absolute atomic E-state index is 0.531. The Kier molecular flexibility index (Phi) is 2.68. The average Bonchev–Trinajstić information content (AvgIpc) is 2.85. The third-order valence-corrected chi connectivity index (χ3v) is 2.79. The molecule has 1 fully saturated rings. The zero-order chi connectivity index (χ0) is 11.7. The lowest BCUT2D eigenvalue weighted by molar-refractivity contribution is 0.492. The number of aromatic nitrogens is 2. The lowest BCUT2D eigenvalue weighted by Gasteiger charge is -1.97. The van der Waals surface area contributed by atoms with Crippen molar-refractivity contribution >= 4 is 0 Å². The van der Waals surface area contributed by atoms with E-state index in [9.17, 15) is 0 Å². The van der Waals surface area contributed by atoms with E-state index < -0.39 is 0 Å². The number of hydrogen-bond donors (Lipinski definition) is 1. The summed E-state index contributed by atoms with van der Waals surface area (Å²) in [5.41, 5.74) is 0.844. The van der Waals surface area contributed by atoms with E-state index in [1.165, 1.54) is 12.8 Å². The van der Waals surface area contributed by atoms with E-state index in [0.29, 0.717) is 17.8 Å². The van der Waals surface area contributed by atoms with Crippen LogP contribution >= 0.6 is 0 Å². The summed E-state index contributed by atoms with van der Waals surface area (Å²) < 4.78 is 10.8. The van der Waals surface area contributed by atoms with E-state index in [1.54, 1.807) is 6.26 Å². The van der Waals surface area contributed by atoms with Gasteiger partial charge in [0, 0.05) is 19.0 Å². The zero-order valence-electron chi connectivity index (χ0n) is 9.77. The van der Waals surface area contributed by atoms with Crippen LogP contribution < -0.4 is 5.32 Å². The van der Waals surface area contributed by atoms with Gasteiger partial charge in [0.1, 0.15) is 12.0 Å². The molecule has 90 valence electrons. The molecule has 0 saturated heterocycles. The van der Waals surface area contributed by atoms with Crippen LogP contribution in [0.5, 0.6) is 0 Å². The highest BCUT2D eigenvalue weighted by Crippen LogP contribution is 2.21. The first-order valence-electron chi connectivity index (χ1n) is 5.92. The predicted molar refractivity (Wildman–Crippen MR) is 61.5 cm³/mol. The first kappa shape index (κ1) is 10.5. The third kappa shape index (κ3) is 2.55. The molecule has 0 aliphatic heterocycles. The number of aryl methyl sites for hydroxylation is 1. The molecule has 3 rings (SSSR count). The number of hydrogen-bond acceptors (Lipinski definition) is 5. The summed E-state index contributed by atoms with van der Waals surface area (Å²) in [7, 11) is 0. The van der Waals surface area contributed by atoms with Crippen molar-refractivity contribution in [2.45, 2.75) is 32.2 Å². The Morgan fingerprint density at radius 3 is 3.00 bits per heavy atom. The highest BCUT2D eigenvalue weighted by atomic mass is 16.4. The quantitative estimate of drug-likeness (QED) is 0.854. The van der Waals surface area contributed by atoms with Crippen LogP contribution in [-0.2, 0) is 6.42 Å². The molecule has 0 bridgehead atoms. The maximum Gasteiger partial charge on any atom is 0.250 e. The Morgan fingerprint density at radius 1 is 1.41 bits per heavy atom. The van der Waals surface area contributed by atoms with Gasteiger partial charge in [-0.1, -0.05) is 0 Å². The second-order valence-electron chi connectivity index (χ2n) is 4.43. The Bertz CT molecular complexity index is 499. The average molecular weight is 233 g/mol. The highest BCUT2D eigenvalue weighted by molar-refractivity contribution is 5.50. The van der Waals surface area contributed by atoms with Gasteiger partial charge in [0.25, 0.3) is 5.89 Å². The van der Waals surface area contributed by atoms with Gasteiger partial charge in [-0.2, -0.15) is 0 Å². The van der Waals surface area contributed by atoms with Crippen molar-refractivity contribution in [1.29, 1.82) is 0 Å². The maximum atomic E-state index is 5.56. The van der Waals surface area contributed by atoms with Crippen molar-refractivity contribution < 1.29 is 8.83 Å². The molecule has 5 nitrogen and oxygen atoms in total. The molecule has 1 N–H and O–H groups in total. The van der Waals surface area contributed by atoms with Gasteiger partial charge in [-0.3, -0.25) is 0 Å². The summed E-state index contributed by atoms with van der Waals surface area (Å²) in [6, 6.07) is 2.61. The molecule has 1 aliphatic carbocycles. The Morgan fingerprint density at radius 2 is 2.29 bits per heavy atom. The fourth-order valence-electron chi connectivity index (χ4n) is 1.70. The summed E-state index contributed by atoms with van der Waals surface area (Å²) in [4.78, 5) is 0. The molecule has 0 radical (unpaired) electrons. The van der Waals surface area contributed by atoms with Gasteiger partial charge in [-0.25, -0.2) is 0 Å². The summed E-state index contributed by atoms with van der Waals surface area (Å²) in [5, 5.41) is 11.4. The predicted octanol–water partition coefficient (Wildman–Crippen LogP) is 1.93. The van der Waals surface area contributed by atoms with Gasteiger partial charge < -0.3 is 14.2 Å². The fraction of sp³-hybridized carbons (Fsp3) is 0.500. The molecule has 0 spiro atoms. The molecule has 0 amide bonds. The van der Waals surface area contributed by atoms with Crippen LogP contribution in [0.1, 0.15) is 24.5 Å². The van der Waals surface area contributed by atoms with Gasteiger partial charge in [-0.15, -0.1) is 10.2 Å². The third-order valence-electron chi connectivity index (χ3n) is 2.79. The van der Waals surface area contributed by atoms with Gasteiger partial charge in [0.05, 0.1) is 5.56 Å².